The topological polar surface area (TPSA) is 103 Å². The summed E-state index contributed by atoms with van der Waals surface area (Å²) < 4.78 is 14.8. The third-order valence-corrected chi connectivity index (χ3v) is 7.48. The van der Waals surface area contributed by atoms with E-state index in [1.54, 1.807) is 0 Å². The fourth-order valence-corrected chi connectivity index (χ4v) is 5.74. The van der Waals surface area contributed by atoms with Gasteiger partial charge >= 0.3 is 5.69 Å². The fraction of sp³-hybridized carbons (Fsp3) is 0.414. The second-order valence-corrected chi connectivity index (χ2v) is 10.5. The van der Waals surface area contributed by atoms with Gasteiger partial charge in [0.1, 0.15) is 11.4 Å². The largest absolute Gasteiger partial charge is 0.378 e. The number of anilines is 2. The highest BCUT2D eigenvalue weighted by atomic mass is 16.5. The molecule has 0 saturated carbocycles. The number of nitrogens with zero attached hydrogens (tertiary/aromatic N) is 6. The summed E-state index contributed by atoms with van der Waals surface area (Å²) in [4.78, 5) is 23.1. The standard InChI is InChI=1S/C29H35N7O3/c1-20-15-34(16-21(2)39-20)26-25(23-11-7-4-8-12-23)31-28(30)36-27(26)32-35(29(36)37)18-24-19-38-14-13-33(24)17-22-9-5-3-6-10-22/h3-12,20-21,24H,13-19H2,1-2H3,(H2,30,31). The summed E-state index contributed by atoms with van der Waals surface area (Å²) >= 11 is 0. The molecule has 2 saturated heterocycles. The van der Waals surface area contributed by atoms with Crippen LogP contribution in [0.5, 0.6) is 0 Å². The second-order valence-electron chi connectivity index (χ2n) is 10.5. The second kappa shape index (κ2) is 10.8. The van der Waals surface area contributed by atoms with Crippen molar-refractivity contribution in [1.29, 1.82) is 0 Å². The molecule has 10 heteroatoms. The number of hydrogen-bond donors (Lipinski definition) is 1. The summed E-state index contributed by atoms with van der Waals surface area (Å²) in [6, 6.07) is 20.3. The number of ether oxygens (including phenoxy) is 2. The normalized spacial score (nSPS) is 22.4. The minimum absolute atomic E-state index is 0.00349. The van der Waals surface area contributed by atoms with E-state index >= 15 is 0 Å². The van der Waals surface area contributed by atoms with Crippen molar-refractivity contribution in [3.8, 4) is 11.3 Å². The van der Waals surface area contributed by atoms with Gasteiger partial charge in [-0.05, 0) is 19.4 Å². The van der Waals surface area contributed by atoms with Gasteiger partial charge in [-0.25, -0.2) is 18.9 Å². The summed E-state index contributed by atoms with van der Waals surface area (Å²) in [6.45, 7) is 8.60. The molecule has 204 valence electrons. The van der Waals surface area contributed by atoms with Crippen LogP contribution in [0.15, 0.2) is 65.5 Å². The molecule has 0 bridgehead atoms. The summed E-state index contributed by atoms with van der Waals surface area (Å²) in [7, 11) is 0. The van der Waals surface area contributed by atoms with Crippen LogP contribution in [0.3, 0.4) is 0 Å². The average Bonchev–Trinajstić information content (AvgIpc) is 3.26. The highest BCUT2D eigenvalue weighted by Gasteiger charge is 2.31. The first kappa shape index (κ1) is 25.5. The van der Waals surface area contributed by atoms with Crippen molar-refractivity contribution in [3.63, 3.8) is 0 Å². The summed E-state index contributed by atoms with van der Waals surface area (Å²) in [5, 5.41) is 4.90. The van der Waals surface area contributed by atoms with Crippen LogP contribution in [-0.2, 0) is 22.6 Å². The molecule has 2 fully saturated rings. The van der Waals surface area contributed by atoms with Crippen molar-refractivity contribution in [3.05, 3.63) is 76.7 Å². The SMILES string of the molecule is CC1CN(c2c(-c3ccccc3)nc(N)n3c(=O)n(CC4COCCN4Cc4ccccc4)nc23)CC(C)O1. The Kier molecular flexibility index (Phi) is 7.07. The number of nitrogens with two attached hydrogens (primary N) is 1. The maximum absolute atomic E-state index is 13.7. The molecule has 10 nitrogen and oxygen atoms in total. The number of nitrogen functional groups attached to an aromatic ring is 1. The molecule has 39 heavy (non-hydrogen) atoms. The molecule has 2 N–H and O–H groups in total. The summed E-state index contributed by atoms with van der Waals surface area (Å²) in [5.41, 5.74) is 10.3. The van der Waals surface area contributed by atoms with Gasteiger partial charge in [0.2, 0.25) is 5.95 Å². The van der Waals surface area contributed by atoms with Crippen LogP contribution in [0.25, 0.3) is 16.9 Å². The zero-order valence-electron chi connectivity index (χ0n) is 22.4. The quantitative estimate of drug-likeness (QED) is 0.407. The van der Waals surface area contributed by atoms with E-state index in [9.17, 15) is 4.79 Å². The minimum Gasteiger partial charge on any atom is -0.378 e. The molecule has 2 aliphatic heterocycles. The Labute approximate surface area is 227 Å². The third-order valence-electron chi connectivity index (χ3n) is 7.48. The van der Waals surface area contributed by atoms with Gasteiger partial charge in [-0.1, -0.05) is 60.7 Å². The molecule has 0 aliphatic carbocycles. The zero-order chi connectivity index (χ0) is 26.9. The maximum Gasteiger partial charge on any atom is 0.353 e. The lowest BCUT2D eigenvalue weighted by Crippen LogP contribution is -2.48. The maximum atomic E-state index is 13.7. The molecule has 4 aromatic rings. The molecule has 0 radical (unpaired) electrons. The molecular weight excluding hydrogens is 494 g/mol. The van der Waals surface area contributed by atoms with Gasteiger partial charge in [-0.3, -0.25) is 4.90 Å². The van der Waals surface area contributed by atoms with E-state index in [0.717, 1.165) is 24.3 Å². The van der Waals surface area contributed by atoms with Gasteiger partial charge in [0.15, 0.2) is 5.65 Å². The zero-order valence-corrected chi connectivity index (χ0v) is 22.4. The smallest absolute Gasteiger partial charge is 0.353 e. The van der Waals surface area contributed by atoms with E-state index in [0.29, 0.717) is 44.2 Å². The number of fused-ring (bicyclic) bond motifs is 1. The molecule has 2 aromatic carbocycles. The Morgan fingerprint density at radius 2 is 1.69 bits per heavy atom. The van der Waals surface area contributed by atoms with E-state index in [1.165, 1.54) is 14.6 Å². The van der Waals surface area contributed by atoms with Crippen molar-refractivity contribution in [2.45, 2.75) is 45.2 Å². The Balaban J connectivity index is 1.43. The van der Waals surface area contributed by atoms with Crippen molar-refractivity contribution < 1.29 is 9.47 Å². The van der Waals surface area contributed by atoms with E-state index in [-0.39, 0.29) is 29.9 Å². The van der Waals surface area contributed by atoms with Crippen LogP contribution in [-0.4, -0.2) is 75.2 Å². The summed E-state index contributed by atoms with van der Waals surface area (Å²) in [6.07, 6.45) is 0.0458. The highest BCUT2D eigenvalue weighted by Crippen LogP contribution is 2.35. The van der Waals surface area contributed by atoms with Gasteiger partial charge in [0.05, 0.1) is 38.0 Å². The lowest BCUT2D eigenvalue weighted by molar-refractivity contribution is -0.0191. The van der Waals surface area contributed by atoms with Crippen LogP contribution in [0, 0.1) is 0 Å². The average molecular weight is 530 g/mol. The molecule has 2 aliphatic rings. The molecule has 4 heterocycles. The molecule has 2 aromatic heterocycles. The number of rotatable bonds is 6. The lowest BCUT2D eigenvalue weighted by atomic mass is 10.1. The predicted octanol–water partition coefficient (Wildman–Crippen LogP) is 2.65. The van der Waals surface area contributed by atoms with Crippen LogP contribution >= 0.6 is 0 Å². The lowest BCUT2D eigenvalue weighted by Gasteiger charge is -2.37. The first-order valence-corrected chi connectivity index (χ1v) is 13.6. The van der Waals surface area contributed by atoms with E-state index in [4.69, 9.17) is 25.3 Å². The van der Waals surface area contributed by atoms with Gasteiger partial charge in [-0.2, -0.15) is 0 Å². The molecule has 6 rings (SSSR count). The Hall–Kier alpha value is -3.73. The number of morpholine rings is 2. The van der Waals surface area contributed by atoms with E-state index in [1.807, 2.05) is 48.5 Å². The minimum atomic E-state index is -0.296. The number of hydrogen-bond acceptors (Lipinski definition) is 8. The van der Waals surface area contributed by atoms with E-state index < -0.39 is 0 Å². The Bertz CT molecular complexity index is 1480. The van der Waals surface area contributed by atoms with Crippen LogP contribution < -0.4 is 16.3 Å². The number of aromatic nitrogens is 4. The predicted molar refractivity (Wildman–Crippen MR) is 151 cm³/mol. The van der Waals surface area contributed by atoms with Gasteiger partial charge in [0, 0.05) is 31.7 Å². The Morgan fingerprint density at radius 1 is 1.00 bits per heavy atom. The van der Waals surface area contributed by atoms with Gasteiger partial charge < -0.3 is 20.1 Å². The van der Waals surface area contributed by atoms with Crippen molar-refractivity contribution in [1.82, 2.24) is 24.1 Å². The van der Waals surface area contributed by atoms with Crippen LogP contribution in [0.1, 0.15) is 19.4 Å². The summed E-state index contributed by atoms with van der Waals surface area (Å²) in [5.74, 6) is 0.124. The van der Waals surface area contributed by atoms with Crippen molar-refractivity contribution in [2.75, 3.05) is 43.5 Å². The van der Waals surface area contributed by atoms with Gasteiger partial charge in [-0.15, -0.1) is 5.10 Å². The molecule has 3 unspecified atom stereocenters. The fourth-order valence-electron chi connectivity index (χ4n) is 5.74. The molecule has 3 atom stereocenters. The number of benzene rings is 2. The highest BCUT2D eigenvalue weighted by molar-refractivity contribution is 5.86. The first-order valence-electron chi connectivity index (χ1n) is 13.6. The Morgan fingerprint density at radius 3 is 2.41 bits per heavy atom. The van der Waals surface area contributed by atoms with Crippen molar-refractivity contribution in [2.24, 2.45) is 0 Å². The molecule has 0 spiro atoms. The van der Waals surface area contributed by atoms with E-state index in [2.05, 4.69) is 35.8 Å². The molecule has 0 amide bonds. The van der Waals surface area contributed by atoms with Gasteiger partial charge in [0.25, 0.3) is 0 Å². The first-order chi connectivity index (χ1) is 19.0. The van der Waals surface area contributed by atoms with Crippen LogP contribution in [0.2, 0.25) is 0 Å². The molecular formula is C29H35N7O3. The van der Waals surface area contributed by atoms with Crippen molar-refractivity contribution >= 4 is 17.3 Å². The third kappa shape index (κ3) is 5.15. The van der Waals surface area contributed by atoms with Crippen LogP contribution in [0.4, 0.5) is 11.6 Å². The monoisotopic (exact) mass is 529 g/mol.